The third-order valence-corrected chi connectivity index (χ3v) is 11.3. The van der Waals surface area contributed by atoms with Gasteiger partial charge in [-0.2, -0.15) is 0 Å². The van der Waals surface area contributed by atoms with Crippen LogP contribution in [0.2, 0.25) is 0 Å². The van der Waals surface area contributed by atoms with Crippen LogP contribution in [0.1, 0.15) is 97.3 Å². The van der Waals surface area contributed by atoms with Crippen molar-refractivity contribution < 1.29 is 28.5 Å². The third kappa shape index (κ3) is 7.81. The van der Waals surface area contributed by atoms with Gasteiger partial charge in [0.1, 0.15) is 13.2 Å². The molecule has 3 aromatic rings. The Balaban J connectivity index is 1.22. The Morgan fingerprint density at radius 1 is 0.708 bits per heavy atom. The van der Waals surface area contributed by atoms with Gasteiger partial charge in [0, 0.05) is 5.56 Å². The fourth-order valence-electron chi connectivity index (χ4n) is 8.51. The quantitative estimate of drug-likeness (QED) is 0.160. The lowest BCUT2D eigenvalue weighted by Crippen LogP contribution is -2.37. The summed E-state index contributed by atoms with van der Waals surface area (Å²) in [5.41, 5.74) is 1.79. The van der Waals surface area contributed by atoms with E-state index in [0.29, 0.717) is 35.5 Å². The number of rotatable bonds is 10. The summed E-state index contributed by atoms with van der Waals surface area (Å²) in [4.78, 5) is 26.8. The third-order valence-electron chi connectivity index (χ3n) is 11.3. The maximum Gasteiger partial charge on any atom is 0.332 e. The predicted octanol–water partition coefficient (Wildman–Crippen LogP) is 9.47. The first-order valence-corrected chi connectivity index (χ1v) is 18.3. The van der Waals surface area contributed by atoms with Crippen LogP contribution in [0.5, 0.6) is 0 Å². The number of benzene rings is 3. The SMILES string of the molecule is CC1CCC(C(C)C)C(OCC(=O)OC2C=Cc3c(ccc4cc5ccccc5cc34)C2OC(=O)COC2CC(C)CCC2C(C)C)C1. The van der Waals surface area contributed by atoms with Gasteiger partial charge in [-0.15, -0.1) is 0 Å². The van der Waals surface area contributed by atoms with Crippen molar-refractivity contribution in [3.05, 3.63) is 65.7 Å². The largest absolute Gasteiger partial charge is 0.452 e. The maximum atomic E-state index is 13.5. The zero-order valence-electron chi connectivity index (χ0n) is 29.7. The van der Waals surface area contributed by atoms with E-state index >= 15 is 0 Å². The topological polar surface area (TPSA) is 71.1 Å². The van der Waals surface area contributed by atoms with E-state index in [-0.39, 0.29) is 25.4 Å². The molecule has 0 N–H and O–H groups in total. The summed E-state index contributed by atoms with van der Waals surface area (Å²) >= 11 is 0. The Hall–Kier alpha value is -3.22. The van der Waals surface area contributed by atoms with Gasteiger partial charge in [-0.05, 0) is 107 Å². The Labute approximate surface area is 286 Å². The monoisotopic (exact) mass is 654 g/mol. The van der Waals surface area contributed by atoms with Gasteiger partial charge < -0.3 is 18.9 Å². The lowest BCUT2D eigenvalue weighted by Gasteiger charge is -2.37. The first-order chi connectivity index (χ1) is 23.1. The molecule has 0 aliphatic heterocycles. The molecule has 0 heterocycles. The molecule has 258 valence electrons. The molecule has 0 saturated heterocycles. The molecular formula is C42H54O6. The number of carbonyl (C=O) groups excluding carboxylic acids is 2. The number of hydrogen-bond donors (Lipinski definition) is 0. The Kier molecular flexibility index (Phi) is 10.9. The maximum absolute atomic E-state index is 13.5. The van der Waals surface area contributed by atoms with Gasteiger partial charge in [0.25, 0.3) is 0 Å². The number of esters is 2. The molecule has 6 rings (SSSR count). The van der Waals surface area contributed by atoms with E-state index in [9.17, 15) is 9.59 Å². The van der Waals surface area contributed by atoms with Crippen molar-refractivity contribution >= 4 is 39.6 Å². The molecule has 6 nitrogen and oxygen atoms in total. The van der Waals surface area contributed by atoms with Crippen LogP contribution in [0.4, 0.5) is 0 Å². The lowest BCUT2D eigenvalue weighted by molar-refractivity contribution is -0.175. The molecule has 2 fully saturated rings. The van der Waals surface area contributed by atoms with Crippen molar-refractivity contribution in [3.63, 3.8) is 0 Å². The molecular weight excluding hydrogens is 600 g/mol. The molecule has 0 amide bonds. The Bertz CT molecular complexity index is 1620. The molecule has 8 atom stereocenters. The predicted molar refractivity (Wildman–Crippen MR) is 191 cm³/mol. The van der Waals surface area contributed by atoms with Crippen LogP contribution >= 0.6 is 0 Å². The standard InChI is InChI=1S/C42H54O6/c1-25(2)32-14-11-27(5)19-38(32)45-23-40(43)47-37-18-17-34-35(16-13-31-21-29-9-7-8-10-30(29)22-36(31)34)42(37)48-41(44)24-46-39-20-28(6)12-15-33(39)26(3)4/h7-10,13,16-18,21-22,25-28,32-33,37-39,42H,11-12,14-15,19-20,23-24H2,1-6H3. The van der Waals surface area contributed by atoms with E-state index in [1.807, 2.05) is 30.4 Å². The summed E-state index contributed by atoms with van der Waals surface area (Å²) in [6.07, 6.45) is 8.84. The van der Waals surface area contributed by atoms with Gasteiger partial charge in [0.2, 0.25) is 0 Å². The Morgan fingerprint density at radius 2 is 1.27 bits per heavy atom. The summed E-state index contributed by atoms with van der Waals surface area (Å²) in [7, 11) is 0. The van der Waals surface area contributed by atoms with E-state index < -0.39 is 24.1 Å². The zero-order valence-corrected chi connectivity index (χ0v) is 29.7. The van der Waals surface area contributed by atoms with Crippen LogP contribution in [0.25, 0.3) is 27.6 Å². The highest BCUT2D eigenvalue weighted by molar-refractivity contribution is 6.02. The molecule has 3 aromatic carbocycles. The second-order valence-electron chi connectivity index (χ2n) is 15.6. The molecule has 0 bridgehead atoms. The summed E-state index contributed by atoms with van der Waals surface area (Å²) in [6, 6.07) is 16.7. The van der Waals surface area contributed by atoms with Crippen LogP contribution in [0.15, 0.2) is 54.6 Å². The molecule has 8 unspecified atom stereocenters. The van der Waals surface area contributed by atoms with Crippen LogP contribution in [-0.2, 0) is 28.5 Å². The Morgan fingerprint density at radius 3 is 1.85 bits per heavy atom. The van der Waals surface area contributed by atoms with E-state index in [1.54, 1.807) is 0 Å². The minimum absolute atomic E-state index is 0.0278. The number of ether oxygens (including phenoxy) is 4. The number of hydrogen-bond acceptors (Lipinski definition) is 6. The second kappa shape index (κ2) is 15.1. The van der Waals surface area contributed by atoms with Crippen molar-refractivity contribution in [2.75, 3.05) is 13.2 Å². The van der Waals surface area contributed by atoms with Crippen molar-refractivity contribution in [1.29, 1.82) is 0 Å². The highest BCUT2D eigenvalue weighted by Crippen LogP contribution is 2.40. The van der Waals surface area contributed by atoms with Gasteiger partial charge in [0.15, 0.2) is 12.2 Å². The number of carbonyl (C=O) groups is 2. The minimum Gasteiger partial charge on any atom is -0.452 e. The first-order valence-electron chi connectivity index (χ1n) is 18.3. The van der Waals surface area contributed by atoms with Crippen LogP contribution < -0.4 is 0 Å². The van der Waals surface area contributed by atoms with Gasteiger partial charge >= 0.3 is 11.9 Å². The molecule has 6 heteroatoms. The highest BCUT2D eigenvalue weighted by Gasteiger charge is 2.37. The molecule has 0 spiro atoms. The van der Waals surface area contributed by atoms with Gasteiger partial charge in [-0.3, -0.25) is 0 Å². The summed E-state index contributed by atoms with van der Waals surface area (Å²) in [6.45, 7) is 13.2. The zero-order chi connectivity index (χ0) is 33.9. The average molecular weight is 655 g/mol. The van der Waals surface area contributed by atoms with E-state index in [2.05, 4.69) is 71.9 Å². The van der Waals surface area contributed by atoms with Crippen molar-refractivity contribution in [2.24, 2.45) is 35.5 Å². The summed E-state index contributed by atoms with van der Waals surface area (Å²) < 4.78 is 24.8. The number of fused-ring (bicyclic) bond motifs is 4. The van der Waals surface area contributed by atoms with Gasteiger partial charge in [-0.1, -0.05) is 96.9 Å². The second-order valence-corrected chi connectivity index (χ2v) is 15.6. The fraction of sp³-hybridized carbons (Fsp3) is 0.571. The van der Waals surface area contributed by atoms with E-state index in [4.69, 9.17) is 18.9 Å². The molecule has 3 aliphatic carbocycles. The van der Waals surface area contributed by atoms with Crippen molar-refractivity contribution in [2.45, 2.75) is 104 Å². The van der Waals surface area contributed by atoms with E-state index in [0.717, 1.165) is 53.0 Å². The van der Waals surface area contributed by atoms with Crippen molar-refractivity contribution in [3.8, 4) is 0 Å². The molecule has 0 aromatic heterocycles. The normalized spacial score (nSPS) is 28.9. The molecule has 0 radical (unpaired) electrons. The van der Waals surface area contributed by atoms with Crippen LogP contribution in [0.3, 0.4) is 0 Å². The molecule has 48 heavy (non-hydrogen) atoms. The fourth-order valence-corrected chi connectivity index (χ4v) is 8.51. The molecule has 3 aliphatic rings. The van der Waals surface area contributed by atoms with Crippen LogP contribution in [0, 0.1) is 35.5 Å². The van der Waals surface area contributed by atoms with Crippen molar-refractivity contribution in [1.82, 2.24) is 0 Å². The lowest BCUT2D eigenvalue weighted by atomic mass is 9.75. The first kappa shape index (κ1) is 34.6. The molecule has 2 saturated carbocycles. The van der Waals surface area contributed by atoms with Crippen LogP contribution in [-0.4, -0.2) is 43.5 Å². The summed E-state index contributed by atoms with van der Waals surface area (Å²) in [5.74, 6) is 2.06. The van der Waals surface area contributed by atoms with Gasteiger partial charge in [-0.25, -0.2) is 9.59 Å². The smallest absolute Gasteiger partial charge is 0.332 e. The van der Waals surface area contributed by atoms with E-state index in [1.165, 1.54) is 18.2 Å². The minimum atomic E-state index is -0.801. The summed E-state index contributed by atoms with van der Waals surface area (Å²) in [5, 5.41) is 4.47. The van der Waals surface area contributed by atoms with Gasteiger partial charge in [0.05, 0.1) is 12.2 Å². The highest BCUT2D eigenvalue weighted by atomic mass is 16.6. The average Bonchev–Trinajstić information content (AvgIpc) is 3.06.